The Morgan fingerprint density at radius 2 is 1.47 bits per heavy atom. The van der Waals surface area contributed by atoms with Gasteiger partial charge >= 0.3 is 5.97 Å². The maximum Gasteiger partial charge on any atom is 0.342 e. The van der Waals surface area contributed by atoms with Crippen molar-refractivity contribution in [2.75, 3.05) is 25.2 Å². The summed E-state index contributed by atoms with van der Waals surface area (Å²) in [5.41, 5.74) is 2.79. The minimum Gasteiger partial charge on any atom is -0.467 e. The summed E-state index contributed by atoms with van der Waals surface area (Å²) in [6.07, 6.45) is 0. The van der Waals surface area contributed by atoms with Gasteiger partial charge in [-0.2, -0.15) is 5.10 Å². The second-order valence-electron chi connectivity index (χ2n) is 10.2. The number of carbonyl (C=O) groups is 1. The van der Waals surface area contributed by atoms with Crippen molar-refractivity contribution in [1.29, 1.82) is 0 Å². The van der Waals surface area contributed by atoms with E-state index >= 15 is 0 Å². The number of rotatable bonds is 12. The Bertz CT molecular complexity index is 1630. The molecule has 0 radical (unpaired) electrons. The molecule has 5 aromatic rings. The summed E-state index contributed by atoms with van der Waals surface area (Å²) >= 11 is 0. The van der Waals surface area contributed by atoms with E-state index in [2.05, 4.69) is 9.64 Å². The number of methoxy groups -OCH3 is 1. The molecule has 8 nitrogen and oxygen atoms in total. The van der Waals surface area contributed by atoms with Crippen LogP contribution in [-0.2, 0) is 34.0 Å². The molecular formula is C33H31F2N3O5. The zero-order chi connectivity index (χ0) is 30.4. The Hall–Kier alpha value is -4.64. The molecule has 222 valence electrons. The highest BCUT2D eigenvalue weighted by Crippen LogP contribution is 2.26. The predicted molar refractivity (Wildman–Crippen MR) is 157 cm³/mol. The molecule has 4 aromatic carbocycles. The fraction of sp³-hybridized carbons (Fsp3) is 0.212. The summed E-state index contributed by atoms with van der Waals surface area (Å²) in [5.74, 6) is -1.60. The number of anilines is 1. The van der Waals surface area contributed by atoms with Gasteiger partial charge in [0.15, 0.2) is 0 Å². The summed E-state index contributed by atoms with van der Waals surface area (Å²) < 4.78 is 39.0. The highest BCUT2D eigenvalue weighted by molar-refractivity contribution is 5.83. The Balaban J connectivity index is 1.40. The monoisotopic (exact) mass is 587 g/mol. The van der Waals surface area contributed by atoms with Gasteiger partial charge in [-0.05, 0) is 65.7 Å². The van der Waals surface area contributed by atoms with Crippen LogP contribution in [0.1, 0.15) is 16.8 Å². The molecule has 43 heavy (non-hydrogen) atoms. The van der Waals surface area contributed by atoms with E-state index in [1.807, 2.05) is 48.5 Å². The van der Waals surface area contributed by atoms with Crippen LogP contribution in [0.15, 0.2) is 97.1 Å². The number of halogens is 2. The van der Waals surface area contributed by atoms with E-state index in [0.717, 1.165) is 40.5 Å². The third-order valence-electron chi connectivity index (χ3n) is 7.10. The molecule has 1 aromatic heterocycles. The molecule has 0 amide bonds. The average Bonchev–Trinajstić information content (AvgIpc) is 3.41. The summed E-state index contributed by atoms with van der Waals surface area (Å²) in [6.45, 7) is -0.317. The number of para-hydroxylation sites is 1. The predicted octanol–water partition coefficient (Wildman–Crippen LogP) is 4.92. The largest absolute Gasteiger partial charge is 0.467 e. The van der Waals surface area contributed by atoms with Crippen LogP contribution in [0.2, 0.25) is 0 Å². The first-order valence-electron chi connectivity index (χ1n) is 13.6. The summed E-state index contributed by atoms with van der Waals surface area (Å²) in [5, 5.41) is 25.4. The number of esters is 1. The Labute approximate surface area is 247 Å². The number of hydrogen-bond donors (Lipinski definition) is 2. The van der Waals surface area contributed by atoms with Gasteiger partial charge in [0.2, 0.25) is 5.60 Å². The van der Waals surface area contributed by atoms with E-state index in [4.69, 9.17) is 9.84 Å². The van der Waals surface area contributed by atoms with Gasteiger partial charge in [0.05, 0.1) is 43.8 Å². The minimum absolute atomic E-state index is 0.0198. The highest BCUT2D eigenvalue weighted by Gasteiger charge is 2.37. The number of ether oxygens (including phenoxy) is 2. The van der Waals surface area contributed by atoms with E-state index in [0.29, 0.717) is 18.8 Å². The van der Waals surface area contributed by atoms with Crippen LogP contribution in [0.4, 0.5) is 14.5 Å². The zero-order valence-electron chi connectivity index (χ0n) is 23.5. The summed E-state index contributed by atoms with van der Waals surface area (Å²) in [7, 11) is 1.12. The highest BCUT2D eigenvalue weighted by atomic mass is 19.1. The molecule has 1 atom stereocenters. The van der Waals surface area contributed by atoms with Gasteiger partial charge in [0.25, 0.3) is 0 Å². The molecule has 0 aliphatic rings. The van der Waals surface area contributed by atoms with Crippen molar-refractivity contribution >= 4 is 22.6 Å². The third-order valence-corrected chi connectivity index (χ3v) is 7.10. The summed E-state index contributed by atoms with van der Waals surface area (Å²) in [4.78, 5) is 14.0. The fourth-order valence-corrected chi connectivity index (χ4v) is 4.77. The molecule has 0 fully saturated rings. The van der Waals surface area contributed by atoms with Crippen molar-refractivity contribution in [2.45, 2.75) is 25.3 Å². The number of aliphatic hydroxyl groups excluding tert-OH is 1. The van der Waals surface area contributed by atoms with Crippen LogP contribution >= 0.6 is 0 Å². The van der Waals surface area contributed by atoms with Gasteiger partial charge in [-0.15, -0.1) is 0 Å². The van der Waals surface area contributed by atoms with E-state index in [9.17, 15) is 23.8 Å². The molecule has 0 saturated heterocycles. The Kier molecular flexibility index (Phi) is 9.10. The Morgan fingerprint density at radius 1 is 0.884 bits per heavy atom. The first kappa shape index (κ1) is 29.8. The van der Waals surface area contributed by atoms with Crippen LogP contribution < -0.4 is 4.90 Å². The van der Waals surface area contributed by atoms with Crippen LogP contribution in [0, 0.1) is 11.6 Å². The van der Waals surface area contributed by atoms with E-state index in [-0.39, 0.29) is 18.2 Å². The van der Waals surface area contributed by atoms with Crippen molar-refractivity contribution in [3.8, 4) is 5.69 Å². The maximum absolute atomic E-state index is 13.5. The lowest BCUT2D eigenvalue weighted by atomic mass is 10.1. The van der Waals surface area contributed by atoms with Gasteiger partial charge in [0.1, 0.15) is 11.6 Å². The zero-order valence-corrected chi connectivity index (χ0v) is 23.5. The molecule has 0 aliphatic heterocycles. The lowest BCUT2D eigenvalue weighted by Crippen LogP contribution is -2.47. The van der Waals surface area contributed by atoms with Crippen molar-refractivity contribution in [3.63, 3.8) is 0 Å². The molecule has 0 bridgehead atoms. The molecular weight excluding hydrogens is 556 g/mol. The van der Waals surface area contributed by atoms with Crippen LogP contribution in [0.3, 0.4) is 0 Å². The number of aliphatic hydroxyl groups is 2. The first-order chi connectivity index (χ1) is 20.8. The van der Waals surface area contributed by atoms with E-state index in [1.165, 1.54) is 24.3 Å². The van der Waals surface area contributed by atoms with Crippen molar-refractivity contribution in [3.05, 3.63) is 126 Å². The molecule has 0 saturated carbocycles. The number of aromatic nitrogens is 2. The number of fused-ring (bicyclic) bond motifs is 1. The smallest absolute Gasteiger partial charge is 0.342 e. The van der Waals surface area contributed by atoms with Crippen molar-refractivity contribution in [1.82, 2.24) is 9.78 Å². The van der Waals surface area contributed by atoms with Gasteiger partial charge in [0, 0.05) is 24.2 Å². The van der Waals surface area contributed by atoms with Crippen molar-refractivity contribution in [2.24, 2.45) is 0 Å². The number of hydrogen-bond acceptors (Lipinski definition) is 7. The third kappa shape index (κ3) is 6.89. The van der Waals surface area contributed by atoms with Crippen LogP contribution in [0.25, 0.3) is 16.6 Å². The molecule has 5 rings (SSSR count). The molecule has 0 aliphatic carbocycles. The lowest BCUT2D eigenvalue weighted by Gasteiger charge is -2.25. The molecule has 1 unspecified atom stereocenters. The molecule has 0 spiro atoms. The minimum atomic E-state index is -2.17. The molecule has 10 heteroatoms. The molecule has 1 heterocycles. The van der Waals surface area contributed by atoms with Gasteiger partial charge in [-0.1, -0.05) is 42.5 Å². The van der Waals surface area contributed by atoms with Gasteiger partial charge in [-0.3, -0.25) is 0 Å². The maximum atomic E-state index is 13.5. The molecule has 2 N–H and O–H groups in total. The van der Waals surface area contributed by atoms with Crippen molar-refractivity contribution < 1.29 is 33.3 Å². The standard InChI is InChI=1S/C33H31F2N3O5/c1-42-32(40)33(41,21-39)22-43-20-30-29-4-2-3-5-31(29)38(36-30)28-16-14-27(15-17-28)37(18-23-6-10-25(34)11-7-23)19-24-8-12-26(35)13-9-24/h2-17,39,41H,18-22H2,1H3. The van der Waals surface area contributed by atoms with Gasteiger partial charge < -0.3 is 24.6 Å². The van der Waals surface area contributed by atoms with Crippen LogP contribution in [0.5, 0.6) is 0 Å². The summed E-state index contributed by atoms with van der Waals surface area (Å²) in [6, 6.07) is 28.1. The SMILES string of the molecule is COC(=O)C(O)(CO)COCc1nn(-c2ccc(N(Cc3ccc(F)cc3)Cc3ccc(F)cc3)cc2)c2ccccc12. The average molecular weight is 588 g/mol. The number of nitrogens with zero attached hydrogens (tertiary/aromatic N) is 3. The van der Waals surface area contributed by atoms with Gasteiger partial charge in [-0.25, -0.2) is 18.3 Å². The normalized spacial score (nSPS) is 12.7. The Morgan fingerprint density at radius 3 is 2.02 bits per heavy atom. The van der Waals surface area contributed by atoms with E-state index in [1.54, 1.807) is 28.9 Å². The second kappa shape index (κ2) is 13.1. The fourth-order valence-electron chi connectivity index (χ4n) is 4.77. The first-order valence-corrected chi connectivity index (χ1v) is 13.6. The quantitative estimate of drug-likeness (QED) is 0.200. The lowest BCUT2D eigenvalue weighted by molar-refractivity contribution is -0.175. The second-order valence-corrected chi connectivity index (χ2v) is 10.2. The topological polar surface area (TPSA) is 97.0 Å². The van der Waals surface area contributed by atoms with E-state index < -0.39 is 24.8 Å². The number of carbonyl (C=O) groups excluding carboxylic acids is 1. The number of benzene rings is 4. The van der Waals surface area contributed by atoms with Crippen LogP contribution in [-0.4, -0.2) is 51.9 Å².